The predicted molar refractivity (Wildman–Crippen MR) is 104 cm³/mol. The zero-order chi connectivity index (χ0) is 20.3. The van der Waals surface area contributed by atoms with Crippen molar-refractivity contribution in [2.75, 3.05) is 36.4 Å². The van der Waals surface area contributed by atoms with Crippen molar-refractivity contribution >= 4 is 40.7 Å². The molecule has 2 aromatic rings. The third-order valence-corrected chi connectivity index (χ3v) is 4.79. The van der Waals surface area contributed by atoms with E-state index in [2.05, 4.69) is 5.32 Å². The quantitative estimate of drug-likeness (QED) is 0.603. The van der Waals surface area contributed by atoms with Crippen LogP contribution in [-0.2, 0) is 4.79 Å². The summed E-state index contributed by atoms with van der Waals surface area (Å²) >= 11 is 6.38. The highest BCUT2D eigenvalue weighted by Gasteiger charge is 2.25. The molecule has 0 spiro atoms. The molecule has 0 bridgehead atoms. The molecule has 0 saturated carbocycles. The molecule has 0 aliphatic carbocycles. The lowest BCUT2D eigenvalue weighted by atomic mass is 10.2. The van der Waals surface area contributed by atoms with Gasteiger partial charge in [0.2, 0.25) is 5.91 Å². The van der Waals surface area contributed by atoms with Crippen LogP contribution in [0.25, 0.3) is 0 Å². The summed E-state index contributed by atoms with van der Waals surface area (Å²) in [7, 11) is 0. The molecular formula is C18H19ClN4O5. The maximum atomic E-state index is 12.4. The molecule has 10 heteroatoms. The van der Waals surface area contributed by atoms with Gasteiger partial charge in [0, 0.05) is 32.6 Å². The Morgan fingerprint density at radius 2 is 1.93 bits per heavy atom. The molecule has 1 aromatic heterocycles. The van der Waals surface area contributed by atoms with Crippen molar-refractivity contribution in [1.29, 1.82) is 0 Å². The zero-order valence-corrected chi connectivity index (χ0v) is 15.9. The average Bonchev–Trinajstić information content (AvgIpc) is 3.18. The van der Waals surface area contributed by atoms with Gasteiger partial charge in [-0.2, -0.15) is 0 Å². The second kappa shape index (κ2) is 8.30. The van der Waals surface area contributed by atoms with Crippen molar-refractivity contribution in [3.8, 4) is 0 Å². The number of nitrogens with one attached hydrogen (secondary N) is 1. The largest absolute Gasteiger partial charge is 0.433 e. The summed E-state index contributed by atoms with van der Waals surface area (Å²) in [6, 6.07) is 7.47. The van der Waals surface area contributed by atoms with Crippen LogP contribution in [0.4, 0.5) is 17.3 Å². The minimum Gasteiger partial charge on any atom is -0.395 e. The van der Waals surface area contributed by atoms with E-state index >= 15 is 0 Å². The van der Waals surface area contributed by atoms with Gasteiger partial charge in [-0.15, -0.1) is 0 Å². The number of amides is 2. The second-order valence-electron chi connectivity index (χ2n) is 6.21. The van der Waals surface area contributed by atoms with E-state index in [0.717, 1.165) is 6.07 Å². The molecule has 0 radical (unpaired) electrons. The molecule has 0 unspecified atom stereocenters. The lowest BCUT2D eigenvalue weighted by Crippen LogP contribution is -2.48. The molecule has 9 nitrogen and oxygen atoms in total. The Kier molecular flexibility index (Phi) is 5.84. The highest BCUT2D eigenvalue weighted by Crippen LogP contribution is 2.35. The Balaban J connectivity index is 1.78. The van der Waals surface area contributed by atoms with E-state index in [1.165, 1.54) is 6.07 Å². The van der Waals surface area contributed by atoms with Gasteiger partial charge in [-0.25, -0.2) is 0 Å². The molecule has 1 aromatic carbocycles. The number of carbonyl (C=O) groups is 2. The predicted octanol–water partition coefficient (Wildman–Crippen LogP) is 3.15. The van der Waals surface area contributed by atoms with Crippen LogP contribution in [0.1, 0.15) is 23.9 Å². The fourth-order valence-electron chi connectivity index (χ4n) is 3.07. The van der Waals surface area contributed by atoms with Crippen molar-refractivity contribution in [1.82, 2.24) is 4.90 Å². The fraction of sp³-hybridized carbons (Fsp3) is 0.333. The van der Waals surface area contributed by atoms with Gasteiger partial charge in [0.25, 0.3) is 5.91 Å². The lowest BCUT2D eigenvalue weighted by Gasteiger charge is -2.37. The van der Waals surface area contributed by atoms with Crippen molar-refractivity contribution < 1.29 is 18.9 Å². The smallest absolute Gasteiger partial charge is 0.395 e. The van der Waals surface area contributed by atoms with Crippen LogP contribution >= 0.6 is 11.6 Å². The first-order valence-corrected chi connectivity index (χ1v) is 9.15. The van der Waals surface area contributed by atoms with Crippen molar-refractivity contribution in [2.45, 2.75) is 13.3 Å². The third kappa shape index (κ3) is 4.09. The van der Waals surface area contributed by atoms with Gasteiger partial charge < -0.3 is 19.5 Å². The number of nitrogens with zero attached hydrogens (tertiary/aromatic N) is 3. The molecule has 1 aliphatic rings. The molecule has 3 rings (SSSR count). The number of para-hydroxylation sites is 1. The van der Waals surface area contributed by atoms with E-state index in [-0.39, 0.29) is 11.7 Å². The Hall–Kier alpha value is -3.07. The second-order valence-corrected chi connectivity index (χ2v) is 6.61. The van der Waals surface area contributed by atoms with Gasteiger partial charge in [-0.05, 0) is 18.2 Å². The summed E-state index contributed by atoms with van der Waals surface area (Å²) in [5.41, 5.74) is 1.11. The van der Waals surface area contributed by atoms with E-state index in [4.69, 9.17) is 16.0 Å². The number of nitro groups is 1. The first-order valence-electron chi connectivity index (χ1n) is 8.77. The van der Waals surface area contributed by atoms with E-state index in [1.807, 2.05) is 11.8 Å². The Bertz CT molecular complexity index is 905. The maximum Gasteiger partial charge on any atom is 0.433 e. The highest BCUT2D eigenvalue weighted by atomic mass is 35.5. The number of halogens is 1. The minimum atomic E-state index is -0.710. The van der Waals surface area contributed by atoms with Crippen molar-refractivity contribution in [3.63, 3.8) is 0 Å². The minimum absolute atomic E-state index is 0.103. The SMILES string of the molecule is CCC(=O)N1CCN(c2c(Cl)cccc2NC(=O)c2ccc([N+](=O)[O-])o2)CC1. The summed E-state index contributed by atoms with van der Waals surface area (Å²) in [6.45, 7) is 4.11. The molecule has 28 heavy (non-hydrogen) atoms. The first kappa shape index (κ1) is 19.7. The number of carbonyl (C=O) groups excluding carboxylic acids is 2. The van der Waals surface area contributed by atoms with Crippen LogP contribution in [0.15, 0.2) is 34.7 Å². The molecule has 2 heterocycles. The van der Waals surface area contributed by atoms with Gasteiger partial charge >= 0.3 is 5.88 Å². The monoisotopic (exact) mass is 406 g/mol. The van der Waals surface area contributed by atoms with Crippen LogP contribution in [0.3, 0.4) is 0 Å². The van der Waals surface area contributed by atoms with Crippen LogP contribution in [0.2, 0.25) is 5.02 Å². The van der Waals surface area contributed by atoms with Crippen molar-refractivity contribution in [3.05, 3.63) is 51.2 Å². The standard InChI is InChI=1S/C18H19ClN4O5/c1-2-15(24)21-8-10-22(11-9-21)17-12(19)4-3-5-13(17)20-18(25)14-6-7-16(28-14)23(26)27/h3-7H,2,8-11H2,1H3,(H,20,25). The van der Waals surface area contributed by atoms with Crippen LogP contribution < -0.4 is 10.2 Å². The number of hydrogen-bond acceptors (Lipinski definition) is 6. The maximum absolute atomic E-state index is 12.4. The third-order valence-electron chi connectivity index (χ3n) is 4.48. The number of anilines is 2. The van der Waals surface area contributed by atoms with E-state index < -0.39 is 16.7 Å². The molecule has 1 saturated heterocycles. The summed E-state index contributed by atoms with van der Waals surface area (Å²) in [5.74, 6) is -1.19. The molecule has 148 valence electrons. The van der Waals surface area contributed by atoms with Gasteiger partial charge in [0.15, 0.2) is 5.76 Å². The van der Waals surface area contributed by atoms with Crippen molar-refractivity contribution in [2.24, 2.45) is 0 Å². The Labute approximate surface area is 166 Å². The van der Waals surface area contributed by atoms with E-state index in [0.29, 0.717) is 49.0 Å². The molecule has 1 N–H and O–H groups in total. The van der Waals surface area contributed by atoms with Gasteiger partial charge in [-0.1, -0.05) is 24.6 Å². The number of rotatable bonds is 5. The first-order chi connectivity index (χ1) is 13.4. The van der Waals surface area contributed by atoms with Crippen LogP contribution in [0, 0.1) is 10.1 Å². The average molecular weight is 407 g/mol. The topological polar surface area (TPSA) is 109 Å². The number of hydrogen-bond donors (Lipinski definition) is 1. The molecular weight excluding hydrogens is 388 g/mol. The molecule has 1 fully saturated rings. The van der Waals surface area contributed by atoms with Gasteiger partial charge in [-0.3, -0.25) is 19.7 Å². The van der Waals surface area contributed by atoms with Gasteiger partial charge in [0.05, 0.1) is 22.5 Å². The zero-order valence-electron chi connectivity index (χ0n) is 15.2. The number of benzene rings is 1. The lowest BCUT2D eigenvalue weighted by molar-refractivity contribution is -0.402. The molecule has 2 amide bonds. The molecule has 1 aliphatic heterocycles. The number of piperazine rings is 1. The summed E-state index contributed by atoms with van der Waals surface area (Å²) in [6.07, 6.45) is 0.461. The van der Waals surface area contributed by atoms with Crippen LogP contribution in [-0.4, -0.2) is 47.8 Å². The highest BCUT2D eigenvalue weighted by molar-refractivity contribution is 6.34. The molecule has 0 atom stereocenters. The van der Waals surface area contributed by atoms with E-state index in [9.17, 15) is 19.7 Å². The van der Waals surface area contributed by atoms with Gasteiger partial charge in [0.1, 0.15) is 4.92 Å². The fourth-order valence-corrected chi connectivity index (χ4v) is 3.37. The van der Waals surface area contributed by atoms with Crippen LogP contribution in [0.5, 0.6) is 0 Å². The summed E-state index contributed by atoms with van der Waals surface area (Å²) < 4.78 is 4.95. The Morgan fingerprint density at radius 1 is 1.21 bits per heavy atom. The summed E-state index contributed by atoms with van der Waals surface area (Å²) in [5, 5.41) is 13.9. The number of furan rings is 1. The van der Waals surface area contributed by atoms with E-state index in [1.54, 1.807) is 23.1 Å². The summed E-state index contributed by atoms with van der Waals surface area (Å²) in [4.78, 5) is 38.1. The Morgan fingerprint density at radius 3 is 2.54 bits per heavy atom. The normalized spacial score (nSPS) is 14.1.